The van der Waals surface area contributed by atoms with E-state index in [0.29, 0.717) is 25.5 Å². The average Bonchev–Trinajstić information content (AvgIpc) is 2.15. The van der Waals surface area contributed by atoms with Crippen LogP contribution in [0.3, 0.4) is 0 Å². The summed E-state index contributed by atoms with van der Waals surface area (Å²) in [6, 6.07) is 3.54. The maximum atomic E-state index is 11.4. The van der Waals surface area contributed by atoms with Gasteiger partial charge in [0.15, 0.2) is 0 Å². The van der Waals surface area contributed by atoms with Crippen molar-refractivity contribution in [2.24, 2.45) is 0 Å². The summed E-state index contributed by atoms with van der Waals surface area (Å²) in [4.78, 5) is 11.4. The molecule has 0 aliphatic rings. The third-order valence-electron chi connectivity index (χ3n) is 1.86. The van der Waals surface area contributed by atoms with Gasteiger partial charge in [-0.25, -0.2) is 0 Å². The van der Waals surface area contributed by atoms with Gasteiger partial charge < -0.3 is 9.30 Å². The van der Waals surface area contributed by atoms with E-state index < -0.39 is 0 Å². The molecule has 14 heavy (non-hydrogen) atoms. The Morgan fingerprint density at radius 1 is 1.50 bits per heavy atom. The molecule has 1 aromatic rings. The monoisotopic (exact) mass is 213 g/mol. The summed E-state index contributed by atoms with van der Waals surface area (Å²) in [7, 11) is 0. The molecule has 0 saturated heterocycles. The number of thiol groups is 1. The van der Waals surface area contributed by atoms with Crippen molar-refractivity contribution in [1.29, 1.82) is 0 Å². The summed E-state index contributed by atoms with van der Waals surface area (Å²) in [5.41, 5.74) is 1.02. The van der Waals surface area contributed by atoms with E-state index in [1.54, 1.807) is 16.8 Å². The van der Waals surface area contributed by atoms with Crippen LogP contribution >= 0.6 is 12.6 Å². The van der Waals surface area contributed by atoms with Crippen molar-refractivity contribution >= 4 is 12.6 Å². The van der Waals surface area contributed by atoms with Crippen LogP contribution in [0.25, 0.3) is 0 Å². The molecule has 4 heteroatoms. The van der Waals surface area contributed by atoms with Crippen LogP contribution < -0.4 is 5.56 Å². The van der Waals surface area contributed by atoms with Gasteiger partial charge in [0, 0.05) is 24.6 Å². The molecule has 0 aromatic carbocycles. The van der Waals surface area contributed by atoms with E-state index in [1.807, 2.05) is 13.0 Å². The van der Waals surface area contributed by atoms with Crippen molar-refractivity contribution in [3.05, 3.63) is 34.2 Å². The van der Waals surface area contributed by atoms with Crippen molar-refractivity contribution < 1.29 is 4.74 Å². The minimum absolute atomic E-state index is 0.0273. The van der Waals surface area contributed by atoms with Crippen molar-refractivity contribution in [1.82, 2.24) is 4.57 Å². The minimum atomic E-state index is 0.0273. The van der Waals surface area contributed by atoms with Crippen LogP contribution in [0.4, 0.5) is 0 Å². The van der Waals surface area contributed by atoms with Crippen LogP contribution in [-0.4, -0.2) is 23.5 Å². The van der Waals surface area contributed by atoms with E-state index >= 15 is 0 Å². The predicted octanol–water partition coefficient (Wildman–Crippen LogP) is 1.10. The molecule has 0 amide bonds. The Balaban J connectivity index is 2.47. The van der Waals surface area contributed by atoms with Gasteiger partial charge in [0.2, 0.25) is 0 Å². The highest BCUT2D eigenvalue weighted by Crippen LogP contribution is 1.91. The van der Waals surface area contributed by atoms with Gasteiger partial charge in [-0.1, -0.05) is 0 Å². The van der Waals surface area contributed by atoms with Crippen LogP contribution in [0.5, 0.6) is 0 Å². The molecule has 0 saturated carbocycles. The zero-order chi connectivity index (χ0) is 10.4. The maximum absolute atomic E-state index is 11.4. The summed E-state index contributed by atoms with van der Waals surface area (Å²) < 4.78 is 6.88. The fourth-order valence-electron chi connectivity index (χ4n) is 1.12. The number of hydrogen-bond donors (Lipinski definition) is 1. The van der Waals surface area contributed by atoms with Crippen molar-refractivity contribution in [3.63, 3.8) is 0 Å². The zero-order valence-corrected chi connectivity index (χ0v) is 9.17. The average molecular weight is 213 g/mol. The third kappa shape index (κ3) is 3.55. The smallest absolute Gasteiger partial charge is 0.250 e. The largest absolute Gasteiger partial charge is 0.379 e. The van der Waals surface area contributed by atoms with E-state index in [-0.39, 0.29) is 5.56 Å². The van der Waals surface area contributed by atoms with Gasteiger partial charge in [0.05, 0.1) is 13.2 Å². The third-order valence-corrected chi connectivity index (χ3v) is 2.05. The number of ether oxygens (including phenoxy) is 1. The Kier molecular flexibility index (Phi) is 4.76. The van der Waals surface area contributed by atoms with Crippen molar-refractivity contribution in [3.8, 4) is 0 Å². The van der Waals surface area contributed by atoms with Crippen LogP contribution in [0.15, 0.2) is 23.1 Å². The molecule has 78 valence electrons. The van der Waals surface area contributed by atoms with Gasteiger partial charge in [0.1, 0.15) is 0 Å². The first-order valence-electron chi connectivity index (χ1n) is 4.60. The minimum Gasteiger partial charge on any atom is -0.379 e. The van der Waals surface area contributed by atoms with Crippen LogP contribution in [0.1, 0.15) is 5.56 Å². The first-order chi connectivity index (χ1) is 6.74. The fourth-order valence-corrected chi connectivity index (χ4v) is 1.25. The number of aromatic nitrogens is 1. The molecule has 0 fully saturated rings. The Morgan fingerprint density at radius 3 is 2.93 bits per heavy atom. The summed E-state index contributed by atoms with van der Waals surface area (Å²) in [6.45, 7) is 3.70. The molecule has 0 N–H and O–H groups in total. The molecule has 1 aromatic heterocycles. The number of aryl methyl sites for hydroxylation is 1. The topological polar surface area (TPSA) is 31.2 Å². The number of nitrogens with zero attached hydrogens (tertiary/aromatic N) is 1. The lowest BCUT2D eigenvalue weighted by Crippen LogP contribution is -2.21. The van der Waals surface area contributed by atoms with Crippen LogP contribution in [0.2, 0.25) is 0 Å². The normalized spacial score (nSPS) is 10.4. The van der Waals surface area contributed by atoms with Gasteiger partial charge >= 0.3 is 0 Å². The number of rotatable bonds is 5. The Bertz CT molecular complexity index is 335. The second kappa shape index (κ2) is 5.88. The molecule has 0 radical (unpaired) electrons. The molecule has 1 heterocycles. The summed E-state index contributed by atoms with van der Waals surface area (Å²) in [5.74, 6) is 0.711. The maximum Gasteiger partial charge on any atom is 0.250 e. The molecule has 0 bridgehead atoms. The van der Waals surface area contributed by atoms with Gasteiger partial charge in [0.25, 0.3) is 5.56 Å². The number of pyridine rings is 1. The van der Waals surface area contributed by atoms with Gasteiger partial charge in [-0.05, 0) is 18.6 Å². The molecule has 0 spiro atoms. The second-order valence-electron chi connectivity index (χ2n) is 3.07. The lowest BCUT2D eigenvalue weighted by atomic mass is 10.3. The first kappa shape index (κ1) is 11.3. The molecule has 0 atom stereocenters. The standard InChI is InChI=1S/C10H15NO2S/c1-9-2-3-11(10(12)8-9)4-5-13-6-7-14/h2-3,8,14H,4-7H2,1H3. The molecule has 1 rings (SSSR count). The van der Waals surface area contributed by atoms with Gasteiger partial charge in [-0.15, -0.1) is 0 Å². The Morgan fingerprint density at radius 2 is 2.29 bits per heavy atom. The molecule has 0 aliphatic carbocycles. The zero-order valence-electron chi connectivity index (χ0n) is 8.27. The molecular weight excluding hydrogens is 198 g/mol. The van der Waals surface area contributed by atoms with Crippen molar-refractivity contribution in [2.45, 2.75) is 13.5 Å². The second-order valence-corrected chi connectivity index (χ2v) is 3.52. The lowest BCUT2D eigenvalue weighted by molar-refractivity contribution is 0.141. The Hall–Kier alpha value is -0.740. The van der Waals surface area contributed by atoms with E-state index in [9.17, 15) is 4.79 Å². The van der Waals surface area contributed by atoms with Crippen LogP contribution in [0, 0.1) is 6.92 Å². The highest BCUT2D eigenvalue weighted by Gasteiger charge is 1.95. The molecule has 0 aliphatic heterocycles. The highest BCUT2D eigenvalue weighted by molar-refractivity contribution is 7.80. The van der Waals surface area contributed by atoms with E-state index in [4.69, 9.17) is 4.74 Å². The first-order valence-corrected chi connectivity index (χ1v) is 5.23. The van der Waals surface area contributed by atoms with Gasteiger partial charge in [-0.3, -0.25) is 4.79 Å². The molecular formula is C10H15NO2S. The molecule has 0 unspecified atom stereocenters. The van der Waals surface area contributed by atoms with E-state index in [2.05, 4.69) is 12.6 Å². The van der Waals surface area contributed by atoms with Gasteiger partial charge in [-0.2, -0.15) is 12.6 Å². The quantitative estimate of drug-likeness (QED) is 0.586. The SMILES string of the molecule is Cc1ccn(CCOCCS)c(=O)c1. The summed E-state index contributed by atoms with van der Waals surface area (Å²) in [6.07, 6.45) is 1.79. The van der Waals surface area contributed by atoms with E-state index in [1.165, 1.54) is 0 Å². The highest BCUT2D eigenvalue weighted by atomic mass is 32.1. The summed E-state index contributed by atoms with van der Waals surface area (Å²) in [5, 5.41) is 0. The molecule has 3 nitrogen and oxygen atoms in total. The lowest BCUT2D eigenvalue weighted by Gasteiger charge is -2.05. The predicted molar refractivity (Wildman–Crippen MR) is 60.1 cm³/mol. The van der Waals surface area contributed by atoms with Crippen molar-refractivity contribution in [2.75, 3.05) is 19.0 Å². The Labute approximate surface area is 89.1 Å². The fraction of sp³-hybridized carbons (Fsp3) is 0.500. The van der Waals surface area contributed by atoms with Crippen LogP contribution in [-0.2, 0) is 11.3 Å². The summed E-state index contributed by atoms with van der Waals surface area (Å²) >= 11 is 4.02. The van der Waals surface area contributed by atoms with E-state index in [0.717, 1.165) is 5.56 Å². The number of hydrogen-bond acceptors (Lipinski definition) is 3.